The molecule has 0 fully saturated rings. The van der Waals surface area contributed by atoms with Crippen molar-refractivity contribution in [1.29, 1.82) is 0 Å². The van der Waals surface area contributed by atoms with Gasteiger partial charge in [-0.25, -0.2) is 4.39 Å². The van der Waals surface area contributed by atoms with Gasteiger partial charge >= 0.3 is 0 Å². The average Bonchev–Trinajstić information content (AvgIpc) is 2.73. The van der Waals surface area contributed by atoms with E-state index in [1.807, 2.05) is 60.7 Å². The molecule has 0 aliphatic rings. The number of ether oxygens (including phenoxy) is 2. The highest BCUT2D eigenvalue weighted by molar-refractivity contribution is 5.88. The standard InChI is InChI=1S/C24H19FO3/c25-24-14-22(27-15-17-4-2-1-3-5-17)10-11-23(24)20-7-6-19-13-21(28-16-26)9-8-18(19)12-20/h1-14,26H,15-16H2. The lowest BCUT2D eigenvalue weighted by Crippen LogP contribution is -1.96. The molecule has 0 saturated heterocycles. The van der Waals surface area contributed by atoms with Crippen LogP contribution < -0.4 is 9.47 Å². The molecule has 0 amide bonds. The maximum Gasteiger partial charge on any atom is 0.186 e. The van der Waals surface area contributed by atoms with E-state index in [4.69, 9.17) is 14.6 Å². The first-order valence-corrected chi connectivity index (χ1v) is 8.97. The van der Waals surface area contributed by atoms with Crippen LogP contribution in [0.25, 0.3) is 21.9 Å². The fourth-order valence-electron chi connectivity index (χ4n) is 3.12. The molecule has 4 heteroatoms. The Morgan fingerprint density at radius 2 is 1.43 bits per heavy atom. The predicted molar refractivity (Wildman–Crippen MR) is 108 cm³/mol. The summed E-state index contributed by atoms with van der Waals surface area (Å²) in [5.74, 6) is 0.760. The van der Waals surface area contributed by atoms with E-state index in [0.29, 0.717) is 23.7 Å². The molecule has 0 heterocycles. The van der Waals surface area contributed by atoms with Crippen molar-refractivity contribution in [3.63, 3.8) is 0 Å². The van der Waals surface area contributed by atoms with E-state index in [1.165, 1.54) is 6.07 Å². The normalized spacial score (nSPS) is 10.8. The number of rotatable bonds is 6. The van der Waals surface area contributed by atoms with Gasteiger partial charge in [-0.2, -0.15) is 0 Å². The third-order valence-corrected chi connectivity index (χ3v) is 4.54. The second-order valence-electron chi connectivity index (χ2n) is 6.41. The minimum atomic E-state index is -0.368. The number of aliphatic hydroxyl groups is 1. The van der Waals surface area contributed by atoms with Crippen LogP contribution in [0, 0.1) is 5.82 Å². The highest BCUT2D eigenvalue weighted by Gasteiger charge is 2.08. The lowest BCUT2D eigenvalue weighted by Gasteiger charge is -2.10. The Bertz CT molecular complexity index is 1090. The van der Waals surface area contributed by atoms with Crippen molar-refractivity contribution < 1.29 is 19.0 Å². The van der Waals surface area contributed by atoms with Crippen molar-refractivity contribution in [3.8, 4) is 22.6 Å². The van der Waals surface area contributed by atoms with Crippen LogP contribution in [0.4, 0.5) is 4.39 Å². The van der Waals surface area contributed by atoms with Gasteiger partial charge < -0.3 is 14.6 Å². The van der Waals surface area contributed by atoms with Crippen LogP contribution in [-0.2, 0) is 6.61 Å². The SMILES string of the molecule is OCOc1ccc2cc(-c3ccc(OCc4ccccc4)cc3F)ccc2c1. The minimum absolute atomic E-state index is 0.329. The van der Waals surface area contributed by atoms with Gasteiger partial charge in [-0.3, -0.25) is 0 Å². The summed E-state index contributed by atoms with van der Waals surface area (Å²) >= 11 is 0. The van der Waals surface area contributed by atoms with E-state index in [9.17, 15) is 4.39 Å². The number of hydrogen-bond donors (Lipinski definition) is 1. The maximum absolute atomic E-state index is 14.7. The third-order valence-electron chi connectivity index (χ3n) is 4.54. The zero-order chi connectivity index (χ0) is 19.3. The van der Waals surface area contributed by atoms with Gasteiger partial charge in [0.15, 0.2) is 6.79 Å². The van der Waals surface area contributed by atoms with Gasteiger partial charge in [0, 0.05) is 11.6 Å². The second kappa shape index (κ2) is 8.11. The van der Waals surface area contributed by atoms with E-state index in [0.717, 1.165) is 21.9 Å². The molecule has 0 aromatic heterocycles. The van der Waals surface area contributed by atoms with Crippen LogP contribution >= 0.6 is 0 Å². The summed E-state index contributed by atoms with van der Waals surface area (Å²) in [4.78, 5) is 0. The third kappa shape index (κ3) is 3.97. The summed E-state index contributed by atoms with van der Waals surface area (Å²) in [6.45, 7) is 0.0291. The highest BCUT2D eigenvalue weighted by atomic mass is 19.1. The molecule has 0 aliphatic heterocycles. The Hall–Kier alpha value is -3.37. The molecule has 0 saturated carbocycles. The van der Waals surface area contributed by atoms with Crippen LogP contribution in [0.2, 0.25) is 0 Å². The van der Waals surface area contributed by atoms with Gasteiger partial charge in [0.25, 0.3) is 0 Å². The Morgan fingerprint density at radius 1 is 0.714 bits per heavy atom. The molecule has 28 heavy (non-hydrogen) atoms. The topological polar surface area (TPSA) is 38.7 Å². The summed E-state index contributed by atoms with van der Waals surface area (Å²) < 4.78 is 25.5. The Kier molecular flexibility index (Phi) is 5.22. The number of benzene rings is 4. The monoisotopic (exact) mass is 374 g/mol. The van der Waals surface area contributed by atoms with Crippen molar-refractivity contribution >= 4 is 10.8 Å². The average molecular weight is 374 g/mol. The smallest absolute Gasteiger partial charge is 0.186 e. The van der Waals surface area contributed by atoms with Gasteiger partial charge in [-0.05, 0) is 52.2 Å². The molecular formula is C24H19FO3. The molecule has 0 unspecified atom stereocenters. The van der Waals surface area contributed by atoms with Crippen LogP contribution in [0.3, 0.4) is 0 Å². The summed E-state index contributed by atoms with van der Waals surface area (Å²) in [5, 5.41) is 10.8. The zero-order valence-corrected chi connectivity index (χ0v) is 15.1. The molecular weight excluding hydrogens is 355 g/mol. The molecule has 4 rings (SSSR count). The molecule has 1 N–H and O–H groups in total. The fraction of sp³-hybridized carbons (Fsp3) is 0.0833. The Labute approximate surface area is 162 Å². The van der Waals surface area contributed by atoms with Crippen molar-refractivity contribution in [2.45, 2.75) is 6.61 Å². The largest absolute Gasteiger partial charge is 0.489 e. The van der Waals surface area contributed by atoms with Crippen molar-refractivity contribution in [2.24, 2.45) is 0 Å². The highest BCUT2D eigenvalue weighted by Crippen LogP contribution is 2.30. The second-order valence-corrected chi connectivity index (χ2v) is 6.41. The van der Waals surface area contributed by atoms with Crippen LogP contribution in [-0.4, -0.2) is 11.9 Å². The van der Waals surface area contributed by atoms with Gasteiger partial charge in [-0.15, -0.1) is 0 Å². The summed E-state index contributed by atoms with van der Waals surface area (Å²) in [5.41, 5.74) is 2.34. The van der Waals surface area contributed by atoms with Crippen molar-refractivity contribution in [2.75, 3.05) is 6.79 Å². The Morgan fingerprint density at radius 3 is 2.21 bits per heavy atom. The van der Waals surface area contributed by atoms with Gasteiger partial charge in [0.05, 0.1) is 0 Å². The van der Waals surface area contributed by atoms with Crippen LogP contribution in [0.15, 0.2) is 84.9 Å². The molecule has 4 aromatic carbocycles. The zero-order valence-electron chi connectivity index (χ0n) is 15.1. The van der Waals surface area contributed by atoms with E-state index in [2.05, 4.69) is 0 Å². The quantitative estimate of drug-likeness (QED) is 0.450. The lowest BCUT2D eigenvalue weighted by molar-refractivity contribution is 0.0987. The molecule has 0 atom stereocenters. The predicted octanol–water partition coefficient (Wildman–Crippen LogP) is 5.55. The number of fused-ring (bicyclic) bond motifs is 1. The molecule has 0 bridgehead atoms. The Balaban J connectivity index is 1.56. The van der Waals surface area contributed by atoms with Gasteiger partial charge in [0.1, 0.15) is 23.9 Å². The van der Waals surface area contributed by atoms with Crippen LogP contribution in [0.5, 0.6) is 11.5 Å². The van der Waals surface area contributed by atoms with E-state index >= 15 is 0 Å². The molecule has 0 spiro atoms. The van der Waals surface area contributed by atoms with Gasteiger partial charge in [0.2, 0.25) is 0 Å². The molecule has 0 aliphatic carbocycles. The van der Waals surface area contributed by atoms with E-state index in [-0.39, 0.29) is 12.6 Å². The van der Waals surface area contributed by atoms with E-state index < -0.39 is 0 Å². The summed E-state index contributed by atoms with van der Waals surface area (Å²) in [6, 6.07) is 25.9. The first kappa shape index (κ1) is 18.0. The van der Waals surface area contributed by atoms with Gasteiger partial charge in [-0.1, -0.05) is 48.5 Å². The molecule has 3 nitrogen and oxygen atoms in total. The minimum Gasteiger partial charge on any atom is -0.489 e. The first-order valence-electron chi connectivity index (χ1n) is 8.97. The lowest BCUT2D eigenvalue weighted by atomic mass is 10.0. The van der Waals surface area contributed by atoms with Crippen molar-refractivity contribution in [1.82, 2.24) is 0 Å². The summed E-state index contributed by atoms with van der Waals surface area (Å²) in [7, 11) is 0. The summed E-state index contributed by atoms with van der Waals surface area (Å²) in [6.07, 6.45) is 0. The first-order chi connectivity index (χ1) is 13.7. The number of aliphatic hydroxyl groups excluding tert-OH is 1. The molecule has 0 radical (unpaired) electrons. The van der Waals surface area contributed by atoms with E-state index in [1.54, 1.807) is 18.2 Å². The number of halogens is 1. The maximum atomic E-state index is 14.7. The number of hydrogen-bond acceptors (Lipinski definition) is 3. The van der Waals surface area contributed by atoms with Crippen molar-refractivity contribution in [3.05, 3.63) is 96.3 Å². The van der Waals surface area contributed by atoms with Crippen LogP contribution in [0.1, 0.15) is 5.56 Å². The molecule has 140 valence electrons. The fourth-order valence-corrected chi connectivity index (χ4v) is 3.12. The molecule has 4 aromatic rings.